The summed E-state index contributed by atoms with van der Waals surface area (Å²) in [5.74, 6) is 0.932. The van der Waals surface area contributed by atoms with Crippen molar-refractivity contribution >= 4 is 21.8 Å². The fourth-order valence-corrected chi connectivity index (χ4v) is 2.21. The SMILES string of the molecule is CC(C)CN1CCN(C(=O)C(C)Br)CC1. The number of alkyl halides is 1. The van der Waals surface area contributed by atoms with Crippen LogP contribution in [0.25, 0.3) is 0 Å². The monoisotopic (exact) mass is 276 g/mol. The Morgan fingerprint density at radius 1 is 1.20 bits per heavy atom. The van der Waals surface area contributed by atoms with Gasteiger partial charge in [-0.1, -0.05) is 29.8 Å². The first-order valence-electron chi connectivity index (χ1n) is 5.66. The summed E-state index contributed by atoms with van der Waals surface area (Å²) in [6, 6.07) is 0. The molecule has 1 amide bonds. The average molecular weight is 277 g/mol. The third kappa shape index (κ3) is 4.11. The first-order valence-corrected chi connectivity index (χ1v) is 6.57. The van der Waals surface area contributed by atoms with Gasteiger partial charge in [-0.25, -0.2) is 0 Å². The van der Waals surface area contributed by atoms with E-state index in [2.05, 4.69) is 34.7 Å². The van der Waals surface area contributed by atoms with E-state index in [-0.39, 0.29) is 10.7 Å². The van der Waals surface area contributed by atoms with Crippen molar-refractivity contribution < 1.29 is 4.79 Å². The zero-order chi connectivity index (χ0) is 11.4. The predicted octanol–water partition coefficient (Wildman–Crippen LogP) is 1.57. The van der Waals surface area contributed by atoms with Crippen LogP contribution in [0, 0.1) is 5.92 Å². The summed E-state index contributed by atoms with van der Waals surface area (Å²) in [6.45, 7) is 11.3. The van der Waals surface area contributed by atoms with E-state index in [0.717, 1.165) is 32.7 Å². The van der Waals surface area contributed by atoms with Crippen molar-refractivity contribution in [3.8, 4) is 0 Å². The number of rotatable bonds is 3. The number of hydrogen-bond acceptors (Lipinski definition) is 2. The first kappa shape index (κ1) is 13.0. The van der Waals surface area contributed by atoms with Crippen molar-refractivity contribution in [3.63, 3.8) is 0 Å². The predicted molar refractivity (Wildman–Crippen MR) is 66.2 cm³/mol. The van der Waals surface area contributed by atoms with Gasteiger partial charge in [-0.3, -0.25) is 9.69 Å². The highest BCUT2D eigenvalue weighted by atomic mass is 79.9. The number of halogens is 1. The Bertz CT molecular complexity index is 211. The van der Waals surface area contributed by atoms with Crippen molar-refractivity contribution in [2.75, 3.05) is 32.7 Å². The summed E-state index contributed by atoms with van der Waals surface area (Å²) >= 11 is 3.33. The van der Waals surface area contributed by atoms with Gasteiger partial charge in [0, 0.05) is 32.7 Å². The smallest absolute Gasteiger partial charge is 0.236 e. The van der Waals surface area contributed by atoms with Crippen molar-refractivity contribution in [1.29, 1.82) is 0 Å². The van der Waals surface area contributed by atoms with Crippen molar-refractivity contribution in [3.05, 3.63) is 0 Å². The van der Waals surface area contributed by atoms with E-state index >= 15 is 0 Å². The molecule has 4 heteroatoms. The van der Waals surface area contributed by atoms with E-state index in [1.54, 1.807) is 0 Å². The lowest BCUT2D eigenvalue weighted by Crippen LogP contribution is -2.50. The van der Waals surface area contributed by atoms with Gasteiger partial charge in [0.1, 0.15) is 0 Å². The van der Waals surface area contributed by atoms with E-state index < -0.39 is 0 Å². The van der Waals surface area contributed by atoms with Gasteiger partial charge in [0.15, 0.2) is 0 Å². The lowest BCUT2D eigenvalue weighted by molar-refractivity contribution is -0.131. The van der Waals surface area contributed by atoms with E-state index in [9.17, 15) is 4.79 Å². The molecule has 0 saturated carbocycles. The summed E-state index contributed by atoms with van der Waals surface area (Å²) in [5.41, 5.74) is 0. The second kappa shape index (κ2) is 5.85. The molecule has 1 rings (SSSR count). The molecule has 0 radical (unpaired) electrons. The van der Waals surface area contributed by atoms with E-state index in [4.69, 9.17) is 0 Å². The second-order valence-corrected chi connectivity index (χ2v) is 6.01. The molecule has 1 heterocycles. The average Bonchev–Trinajstić information content (AvgIpc) is 2.17. The van der Waals surface area contributed by atoms with Gasteiger partial charge in [0.05, 0.1) is 4.83 Å². The molecule has 1 saturated heterocycles. The van der Waals surface area contributed by atoms with Gasteiger partial charge in [-0.05, 0) is 12.8 Å². The van der Waals surface area contributed by atoms with Crippen LogP contribution in [0.5, 0.6) is 0 Å². The molecule has 0 aromatic carbocycles. The quantitative estimate of drug-likeness (QED) is 0.731. The molecule has 3 nitrogen and oxygen atoms in total. The molecular weight excluding hydrogens is 256 g/mol. The van der Waals surface area contributed by atoms with Gasteiger partial charge < -0.3 is 4.90 Å². The van der Waals surface area contributed by atoms with Crippen molar-refractivity contribution in [2.45, 2.75) is 25.6 Å². The van der Waals surface area contributed by atoms with Gasteiger partial charge in [-0.15, -0.1) is 0 Å². The third-order valence-electron chi connectivity index (χ3n) is 2.65. The van der Waals surface area contributed by atoms with Crippen LogP contribution in [0.3, 0.4) is 0 Å². The fourth-order valence-electron chi connectivity index (χ4n) is 1.92. The molecule has 1 aliphatic rings. The molecule has 15 heavy (non-hydrogen) atoms. The van der Waals surface area contributed by atoms with Crippen LogP contribution < -0.4 is 0 Å². The molecule has 0 aromatic heterocycles. The Hall–Kier alpha value is -0.0900. The number of piperazine rings is 1. The minimum Gasteiger partial charge on any atom is -0.339 e. The Balaban J connectivity index is 2.32. The molecule has 0 spiro atoms. The zero-order valence-corrected chi connectivity index (χ0v) is 11.5. The molecule has 1 aliphatic heterocycles. The molecule has 0 aromatic rings. The Kier molecular flexibility index (Phi) is 5.06. The highest BCUT2D eigenvalue weighted by Crippen LogP contribution is 2.09. The van der Waals surface area contributed by atoms with Crippen LogP contribution >= 0.6 is 15.9 Å². The topological polar surface area (TPSA) is 23.6 Å². The van der Waals surface area contributed by atoms with Crippen LogP contribution in [0.15, 0.2) is 0 Å². The van der Waals surface area contributed by atoms with Gasteiger partial charge in [0.25, 0.3) is 0 Å². The number of hydrogen-bond donors (Lipinski definition) is 0. The third-order valence-corrected chi connectivity index (χ3v) is 3.04. The van der Waals surface area contributed by atoms with E-state index in [1.165, 1.54) is 0 Å². The summed E-state index contributed by atoms with van der Waals surface area (Å²) in [5, 5.41) is 0. The van der Waals surface area contributed by atoms with Crippen LogP contribution in [0.2, 0.25) is 0 Å². The standard InChI is InChI=1S/C11H21BrN2O/c1-9(2)8-13-4-6-14(7-5-13)11(15)10(3)12/h9-10H,4-8H2,1-3H3. The maximum Gasteiger partial charge on any atom is 0.236 e. The minimum atomic E-state index is -0.0471. The number of carbonyl (C=O) groups excluding carboxylic acids is 1. The van der Waals surface area contributed by atoms with Crippen LogP contribution in [-0.2, 0) is 4.79 Å². The lowest BCUT2D eigenvalue weighted by atomic mass is 10.2. The van der Waals surface area contributed by atoms with Gasteiger partial charge in [0.2, 0.25) is 5.91 Å². The number of nitrogens with zero attached hydrogens (tertiary/aromatic N) is 2. The number of amides is 1. The molecule has 0 bridgehead atoms. The van der Waals surface area contributed by atoms with Gasteiger partial charge in [-0.2, -0.15) is 0 Å². The molecule has 1 fully saturated rings. The highest BCUT2D eigenvalue weighted by Gasteiger charge is 2.23. The lowest BCUT2D eigenvalue weighted by Gasteiger charge is -2.36. The maximum absolute atomic E-state index is 11.7. The van der Waals surface area contributed by atoms with Crippen LogP contribution in [0.4, 0.5) is 0 Å². The largest absolute Gasteiger partial charge is 0.339 e. The zero-order valence-electron chi connectivity index (χ0n) is 9.87. The molecule has 0 N–H and O–H groups in total. The van der Waals surface area contributed by atoms with Gasteiger partial charge >= 0.3 is 0 Å². The van der Waals surface area contributed by atoms with Crippen LogP contribution in [-0.4, -0.2) is 53.3 Å². The van der Waals surface area contributed by atoms with E-state index in [1.807, 2.05) is 11.8 Å². The molecule has 0 aliphatic carbocycles. The molecule has 1 atom stereocenters. The Morgan fingerprint density at radius 3 is 2.13 bits per heavy atom. The second-order valence-electron chi connectivity index (χ2n) is 4.64. The summed E-state index contributed by atoms with van der Waals surface area (Å²) in [6.07, 6.45) is 0. The summed E-state index contributed by atoms with van der Waals surface area (Å²) in [4.78, 5) is 16.0. The Morgan fingerprint density at radius 2 is 1.73 bits per heavy atom. The summed E-state index contributed by atoms with van der Waals surface area (Å²) in [7, 11) is 0. The minimum absolute atomic E-state index is 0.0471. The highest BCUT2D eigenvalue weighted by molar-refractivity contribution is 9.10. The molecular formula is C11H21BrN2O. The maximum atomic E-state index is 11.7. The molecule has 88 valence electrons. The van der Waals surface area contributed by atoms with E-state index in [0.29, 0.717) is 5.92 Å². The Labute approximate surface area is 101 Å². The normalized spacial score (nSPS) is 20.7. The molecule has 1 unspecified atom stereocenters. The summed E-state index contributed by atoms with van der Waals surface area (Å²) < 4.78 is 0. The number of carbonyl (C=O) groups is 1. The van der Waals surface area contributed by atoms with Crippen LogP contribution in [0.1, 0.15) is 20.8 Å². The first-order chi connectivity index (χ1) is 7.00. The van der Waals surface area contributed by atoms with Crippen molar-refractivity contribution in [2.24, 2.45) is 5.92 Å². The van der Waals surface area contributed by atoms with Crippen molar-refractivity contribution in [1.82, 2.24) is 9.80 Å². The fraction of sp³-hybridized carbons (Fsp3) is 0.909.